The minimum absolute atomic E-state index is 0.504. The number of rotatable bonds is 3. The molecule has 98 valence electrons. The zero-order valence-corrected chi connectivity index (χ0v) is 11.2. The van der Waals surface area contributed by atoms with Crippen molar-refractivity contribution in [1.82, 2.24) is 10.3 Å². The highest BCUT2D eigenvalue weighted by Crippen LogP contribution is 2.23. The Balaban J connectivity index is 1.64. The molecule has 2 aliphatic rings. The molecule has 1 saturated heterocycles. The number of pyridine rings is 1. The SMILES string of the molecule is CC(Nc1ccc2c(n1)CCC2)C1CCCNC1. The van der Waals surface area contributed by atoms with Crippen molar-refractivity contribution in [1.29, 1.82) is 0 Å². The molecular weight excluding hydrogens is 222 g/mol. The number of piperidine rings is 1. The van der Waals surface area contributed by atoms with Crippen LogP contribution in [0, 0.1) is 5.92 Å². The first kappa shape index (κ1) is 12.0. The smallest absolute Gasteiger partial charge is 0.126 e. The van der Waals surface area contributed by atoms with Crippen molar-refractivity contribution in [2.75, 3.05) is 18.4 Å². The number of fused-ring (bicyclic) bond motifs is 1. The Labute approximate surface area is 109 Å². The third-order valence-corrected chi connectivity index (χ3v) is 4.35. The van der Waals surface area contributed by atoms with Crippen LogP contribution < -0.4 is 10.6 Å². The Morgan fingerprint density at radius 3 is 3.11 bits per heavy atom. The Bertz CT molecular complexity index is 410. The van der Waals surface area contributed by atoms with Gasteiger partial charge >= 0.3 is 0 Å². The van der Waals surface area contributed by atoms with E-state index in [1.54, 1.807) is 0 Å². The van der Waals surface area contributed by atoms with Crippen molar-refractivity contribution in [3.8, 4) is 0 Å². The summed E-state index contributed by atoms with van der Waals surface area (Å²) in [4.78, 5) is 4.76. The van der Waals surface area contributed by atoms with Gasteiger partial charge in [0.2, 0.25) is 0 Å². The van der Waals surface area contributed by atoms with E-state index in [1.165, 1.54) is 43.5 Å². The Hall–Kier alpha value is -1.09. The number of aromatic nitrogens is 1. The highest BCUT2D eigenvalue weighted by molar-refractivity contribution is 5.41. The lowest BCUT2D eigenvalue weighted by Gasteiger charge is -2.29. The number of nitrogens with zero attached hydrogens (tertiary/aromatic N) is 1. The summed E-state index contributed by atoms with van der Waals surface area (Å²) in [7, 11) is 0. The van der Waals surface area contributed by atoms with Crippen molar-refractivity contribution in [3.05, 3.63) is 23.4 Å². The average Bonchev–Trinajstić information content (AvgIpc) is 2.87. The predicted octanol–water partition coefficient (Wildman–Crippen LogP) is 2.37. The molecule has 0 aromatic carbocycles. The summed E-state index contributed by atoms with van der Waals surface area (Å²) < 4.78 is 0. The van der Waals surface area contributed by atoms with Crippen LogP contribution in [0.25, 0.3) is 0 Å². The first-order valence-corrected chi connectivity index (χ1v) is 7.29. The van der Waals surface area contributed by atoms with Crippen LogP contribution in [0.1, 0.15) is 37.4 Å². The third kappa shape index (κ3) is 2.51. The van der Waals surface area contributed by atoms with Gasteiger partial charge in [0.05, 0.1) is 0 Å². The summed E-state index contributed by atoms with van der Waals surface area (Å²) in [5.74, 6) is 1.79. The molecular formula is C15H23N3. The number of hydrogen-bond donors (Lipinski definition) is 2. The predicted molar refractivity (Wildman–Crippen MR) is 74.9 cm³/mol. The van der Waals surface area contributed by atoms with Crippen LogP contribution in [0.2, 0.25) is 0 Å². The van der Waals surface area contributed by atoms with E-state index < -0.39 is 0 Å². The van der Waals surface area contributed by atoms with E-state index in [0.717, 1.165) is 24.7 Å². The minimum atomic E-state index is 0.504. The molecule has 0 saturated carbocycles. The zero-order valence-electron chi connectivity index (χ0n) is 11.2. The maximum Gasteiger partial charge on any atom is 0.126 e. The fourth-order valence-corrected chi connectivity index (χ4v) is 3.16. The van der Waals surface area contributed by atoms with Crippen LogP contribution in [0.15, 0.2) is 12.1 Å². The second kappa shape index (κ2) is 5.27. The van der Waals surface area contributed by atoms with Gasteiger partial charge in [-0.25, -0.2) is 4.98 Å². The van der Waals surface area contributed by atoms with Gasteiger partial charge in [-0.15, -0.1) is 0 Å². The lowest BCUT2D eigenvalue weighted by atomic mass is 9.93. The summed E-state index contributed by atoms with van der Waals surface area (Å²) in [6, 6.07) is 4.91. The van der Waals surface area contributed by atoms with Crippen molar-refractivity contribution in [2.45, 2.75) is 45.1 Å². The van der Waals surface area contributed by atoms with E-state index in [0.29, 0.717) is 6.04 Å². The second-order valence-corrected chi connectivity index (χ2v) is 5.70. The van der Waals surface area contributed by atoms with Gasteiger partial charge in [0.1, 0.15) is 5.82 Å². The summed E-state index contributed by atoms with van der Waals surface area (Å²) >= 11 is 0. The molecule has 2 atom stereocenters. The highest BCUT2D eigenvalue weighted by Gasteiger charge is 2.20. The van der Waals surface area contributed by atoms with E-state index in [2.05, 4.69) is 29.7 Å². The molecule has 3 heteroatoms. The monoisotopic (exact) mass is 245 g/mol. The van der Waals surface area contributed by atoms with Gasteiger partial charge in [0, 0.05) is 11.7 Å². The van der Waals surface area contributed by atoms with Gasteiger partial charge < -0.3 is 10.6 Å². The maximum absolute atomic E-state index is 4.76. The van der Waals surface area contributed by atoms with E-state index in [4.69, 9.17) is 4.98 Å². The number of anilines is 1. The lowest BCUT2D eigenvalue weighted by molar-refractivity contribution is 0.346. The summed E-state index contributed by atoms with van der Waals surface area (Å²) in [6.45, 7) is 4.60. The molecule has 1 aliphatic heterocycles. The molecule has 1 aromatic rings. The number of hydrogen-bond acceptors (Lipinski definition) is 3. The van der Waals surface area contributed by atoms with Gasteiger partial charge in [-0.05, 0) is 69.7 Å². The molecule has 2 unspecified atom stereocenters. The number of aryl methyl sites for hydroxylation is 2. The molecule has 0 radical (unpaired) electrons. The van der Waals surface area contributed by atoms with E-state index in [1.807, 2.05) is 0 Å². The summed E-state index contributed by atoms with van der Waals surface area (Å²) in [5.41, 5.74) is 2.77. The second-order valence-electron chi connectivity index (χ2n) is 5.70. The van der Waals surface area contributed by atoms with Crippen LogP contribution >= 0.6 is 0 Å². The molecule has 18 heavy (non-hydrogen) atoms. The quantitative estimate of drug-likeness (QED) is 0.858. The van der Waals surface area contributed by atoms with Gasteiger partial charge in [0.25, 0.3) is 0 Å². The molecule has 3 rings (SSSR count). The van der Waals surface area contributed by atoms with Crippen LogP contribution in [-0.4, -0.2) is 24.1 Å². The summed E-state index contributed by atoms with van der Waals surface area (Å²) in [5, 5.41) is 7.07. The zero-order chi connectivity index (χ0) is 12.4. The molecule has 0 amide bonds. The number of nitrogens with one attached hydrogen (secondary N) is 2. The molecule has 1 fully saturated rings. The molecule has 1 aliphatic carbocycles. The lowest BCUT2D eigenvalue weighted by Crippen LogP contribution is -2.38. The van der Waals surface area contributed by atoms with Gasteiger partial charge in [0.15, 0.2) is 0 Å². The Morgan fingerprint density at radius 2 is 2.28 bits per heavy atom. The third-order valence-electron chi connectivity index (χ3n) is 4.35. The van der Waals surface area contributed by atoms with Crippen LogP contribution in [0.4, 0.5) is 5.82 Å². The minimum Gasteiger partial charge on any atom is -0.367 e. The molecule has 2 heterocycles. The first-order chi connectivity index (χ1) is 8.83. The standard InChI is InChI=1S/C15H23N3/c1-11(13-5-3-9-16-10-13)17-15-8-7-12-4-2-6-14(12)18-15/h7-8,11,13,16H,2-6,9-10H2,1H3,(H,17,18). The van der Waals surface area contributed by atoms with Crippen LogP contribution in [-0.2, 0) is 12.8 Å². The highest BCUT2D eigenvalue weighted by atomic mass is 15.0. The molecule has 1 aromatic heterocycles. The van der Waals surface area contributed by atoms with Crippen molar-refractivity contribution >= 4 is 5.82 Å². The molecule has 3 nitrogen and oxygen atoms in total. The van der Waals surface area contributed by atoms with Crippen molar-refractivity contribution in [2.24, 2.45) is 5.92 Å². The topological polar surface area (TPSA) is 37.0 Å². The van der Waals surface area contributed by atoms with E-state index >= 15 is 0 Å². The Kier molecular flexibility index (Phi) is 3.50. The largest absolute Gasteiger partial charge is 0.367 e. The van der Waals surface area contributed by atoms with Crippen molar-refractivity contribution < 1.29 is 0 Å². The van der Waals surface area contributed by atoms with Gasteiger partial charge in [-0.2, -0.15) is 0 Å². The molecule has 2 N–H and O–H groups in total. The molecule has 0 spiro atoms. The van der Waals surface area contributed by atoms with E-state index in [-0.39, 0.29) is 0 Å². The fraction of sp³-hybridized carbons (Fsp3) is 0.667. The van der Waals surface area contributed by atoms with Gasteiger partial charge in [-0.3, -0.25) is 0 Å². The first-order valence-electron chi connectivity index (χ1n) is 7.29. The summed E-state index contributed by atoms with van der Waals surface area (Å²) in [6.07, 6.45) is 6.27. The van der Waals surface area contributed by atoms with Crippen molar-refractivity contribution in [3.63, 3.8) is 0 Å². The normalized spacial score (nSPS) is 24.6. The van der Waals surface area contributed by atoms with E-state index in [9.17, 15) is 0 Å². The van der Waals surface area contributed by atoms with Crippen LogP contribution in [0.3, 0.4) is 0 Å². The Morgan fingerprint density at radius 1 is 1.33 bits per heavy atom. The fourth-order valence-electron chi connectivity index (χ4n) is 3.16. The van der Waals surface area contributed by atoms with Gasteiger partial charge in [-0.1, -0.05) is 6.07 Å². The van der Waals surface area contributed by atoms with Crippen LogP contribution in [0.5, 0.6) is 0 Å². The average molecular weight is 245 g/mol. The maximum atomic E-state index is 4.76. The molecule has 0 bridgehead atoms.